The van der Waals surface area contributed by atoms with Crippen LogP contribution in [0.15, 0.2) is 47.4 Å². The number of benzene rings is 2. The summed E-state index contributed by atoms with van der Waals surface area (Å²) in [7, 11) is 0. The van der Waals surface area contributed by atoms with Gasteiger partial charge < -0.3 is 5.32 Å². The van der Waals surface area contributed by atoms with Crippen molar-refractivity contribution in [2.75, 3.05) is 11.1 Å². The monoisotopic (exact) mass is 309 g/mol. The summed E-state index contributed by atoms with van der Waals surface area (Å²) < 4.78 is 13.6. The van der Waals surface area contributed by atoms with Crippen molar-refractivity contribution in [2.24, 2.45) is 0 Å². The van der Waals surface area contributed by atoms with E-state index in [0.717, 1.165) is 10.5 Å². The fraction of sp³-hybridized carbons (Fsp3) is 0.133. The number of anilines is 1. The van der Waals surface area contributed by atoms with Gasteiger partial charge in [-0.05, 0) is 30.7 Å². The van der Waals surface area contributed by atoms with Crippen LogP contribution in [0.4, 0.5) is 10.1 Å². The maximum Gasteiger partial charge on any atom is 0.234 e. The van der Waals surface area contributed by atoms with Gasteiger partial charge in [0.05, 0.1) is 16.5 Å². The summed E-state index contributed by atoms with van der Waals surface area (Å²) in [6.07, 6.45) is 0. The van der Waals surface area contributed by atoms with Crippen molar-refractivity contribution in [2.45, 2.75) is 11.8 Å². The minimum absolute atomic E-state index is 0.00523. The summed E-state index contributed by atoms with van der Waals surface area (Å²) in [5.41, 5.74) is 1.21. The number of carbonyl (C=O) groups is 1. The molecule has 1 amide bonds. The minimum Gasteiger partial charge on any atom is -0.323 e. The molecule has 0 spiro atoms. The van der Waals surface area contributed by atoms with Crippen LogP contribution >= 0.6 is 23.4 Å². The number of carbonyl (C=O) groups excluding carboxylic acids is 1. The molecule has 0 bridgehead atoms. The smallest absolute Gasteiger partial charge is 0.234 e. The minimum atomic E-state index is -0.608. The Morgan fingerprint density at radius 3 is 2.75 bits per heavy atom. The Morgan fingerprint density at radius 1 is 1.25 bits per heavy atom. The maximum atomic E-state index is 13.6. The highest BCUT2D eigenvalue weighted by Crippen LogP contribution is 2.24. The number of amides is 1. The van der Waals surface area contributed by atoms with Crippen LogP contribution < -0.4 is 5.32 Å². The fourth-order valence-electron chi connectivity index (χ4n) is 1.65. The molecule has 0 fully saturated rings. The average molecular weight is 310 g/mol. The van der Waals surface area contributed by atoms with Gasteiger partial charge in [-0.3, -0.25) is 4.79 Å². The first kappa shape index (κ1) is 14.9. The van der Waals surface area contributed by atoms with Crippen molar-refractivity contribution in [1.82, 2.24) is 0 Å². The summed E-state index contributed by atoms with van der Waals surface area (Å²) in [6.45, 7) is 1.98. The summed E-state index contributed by atoms with van der Waals surface area (Å²) in [6, 6.07) is 12.3. The molecule has 0 aromatic heterocycles. The molecule has 2 aromatic rings. The van der Waals surface area contributed by atoms with Crippen molar-refractivity contribution in [1.29, 1.82) is 0 Å². The Bertz CT molecular complexity index is 633. The molecule has 0 unspecified atom stereocenters. The van der Waals surface area contributed by atoms with Gasteiger partial charge in [0.15, 0.2) is 5.82 Å². The second kappa shape index (κ2) is 6.77. The van der Waals surface area contributed by atoms with E-state index in [1.165, 1.54) is 23.9 Å². The summed E-state index contributed by atoms with van der Waals surface area (Å²) in [4.78, 5) is 12.9. The largest absolute Gasteiger partial charge is 0.323 e. The molecule has 104 valence electrons. The predicted molar refractivity (Wildman–Crippen MR) is 81.9 cm³/mol. The van der Waals surface area contributed by atoms with E-state index in [2.05, 4.69) is 5.32 Å². The van der Waals surface area contributed by atoms with Crippen molar-refractivity contribution in [3.05, 3.63) is 58.9 Å². The fourth-order valence-corrected chi connectivity index (χ4v) is 2.65. The van der Waals surface area contributed by atoms with E-state index < -0.39 is 5.82 Å². The van der Waals surface area contributed by atoms with Crippen LogP contribution in [-0.2, 0) is 4.79 Å². The van der Waals surface area contributed by atoms with E-state index in [0.29, 0.717) is 0 Å². The molecule has 2 nitrogen and oxygen atoms in total. The van der Waals surface area contributed by atoms with E-state index in [9.17, 15) is 9.18 Å². The van der Waals surface area contributed by atoms with Gasteiger partial charge in [0.1, 0.15) is 0 Å². The maximum absolute atomic E-state index is 13.6. The van der Waals surface area contributed by atoms with Gasteiger partial charge >= 0.3 is 0 Å². The van der Waals surface area contributed by atoms with Gasteiger partial charge in [-0.15, -0.1) is 11.8 Å². The topological polar surface area (TPSA) is 29.1 Å². The number of thioether (sulfide) groups is 1. The Hall–Kier alpha value is -1.52. The first-order valence-electron chi connectivity index (χ1n) is 6.00. The van der Waals surface area contributed by atoms with Crippen LogP contribution in [0.2, 0.25) is 5.02 Å². The van der Waals surface area contributed by atoms with Crippen LogP contribution in [0.1, 0.15) is 5.56 Å². The Labute approximate surface area is 126 Å². The van der Waals surface area contributed by atoms with Gasteiger partial charge in [0, 0.05) is 4.90 Å². The van der Waals surface area contributed by atoms with E-state index in [-0.39, 0.29) is 22.4 Å². The third-order valence-corrected chi connectivity index (χ3v) is 4.15. The van der Waals surface area contributed by atoms with E-state index >= 15 is 0 Å². The molecule has 2 rings (SSSR count). The molecule has 0 radical (unpaired) electrons. The number of rotatable bonds is 4. The van der Waals surface area contributed by atoms with Crippen molar-refractivity contribution >= 4 is 35.0 Å². The number of nitrogens with one attached hydrogen (secondary N) is 1. The van der Waals surface area contributed by atoms with E-state index in [1.807, 2.05) is 31.2 Å². The van der Waals surface area contributed by atoms with E-state index in [4.69, 9.17) is 11.6 Å². The molecule has 0 saturated carbocycles. The van der Waals surface area contributed by atoms with Crippen molar-refractivity contribution < 1.29 is 9.18 Å². The molecular formula is C15H13ClFNOS. The molecule has 0 aliphatic carbocycles. The molecule has 20 heavy (non-hydrogen) atoms. The molecule has 0 aliphatic heterocycles. The van der Waals surface area contributed by atoms with Crippen LogP contribution in [0.5, 0.6) is 0 Å². The highest BCUT2D eigenvalue weighted by Gasteiger charge is 2.10. The zero-order valence-corrected chi connectivity index (χ0v) is 12.4. The Balaban J connectivity index is 1.96. The standard InChI is InChI=1S/C15H13ClFNOS/c1-10-5-2-3-8-13(10)20-9-14(19)18-12-7-4-6-11(16)15(12)17/h2-8H,9H2,1H3,(H,18,19). The highest BCUT2D eigenvalue weighted by molar-refractivity contribution is 8.00. The van der Waals surface area contributed by atoms with Crippen molar-refractivity contribution in [3.63, 3.8) is 0 Å². The summed E-state index contributed by atoms with van der Waals surface area (Å²) >= 11 is 7.08. The molecular weight excluding hydrogens is 297 g/mol. The molecule has 0 heterocycles. The first-order chi connectivity index (χ1) is 9.58. The van der Waals surface area contributed by atoms with Crippen LogP contribution in [0.3, 0.4) is 0 Å². The quantitative estimate of drug-likeness (QED) is 0.841. The van der Waals surface area contributed by atoms with Gasteiger partial charge in [0.2, 0.25) is 5.91 Å². The van der Waals surface area contributed by atoms with Gasteiger partial charge in [-0.1, -0.05) is 35.9 Å². The van der Waals surface area contributed by atoms with Gasteiger partial charge in [0.25, 0.3) is 0 Å². The lowest BCUT2D eigenvalue weighted by Gasteiger charge is -2.08. The number of hydrogen-bond donors (Lipinski definition) is 1. The molecule has 0 saturated heterocycles. The highest BCUT2D eigenvalue weighted by atomic mass is 35.5. The number of aryl methyl sites for hydroxylation is 1. The third kappa shape index (κ3) is 3.74. The Kier molecular flexibility index (Phi) is 5.04. The lowest BCUT2D eigenvalue weighted by Crippen LogP contribution is -2.15. The SMILES string of the molecule is Cc1ccccc1SCC(=O)Nc1cccc(Cl)c1F. The summed E-state index contributed by atoms with van der Waals surface area (Å²) in [5.74, 6) is -0.653. The zero-order valence-electron chi connectivity index (χ0n) is 10.8. The number of hydrogen-bond acceptors (Lipinski definition) is 2. The molecule has 0 aliphatic rings. The van der Waals surface area contributed by atoms with Gasteiger partial charge in [-0.2, -0.15) is 0 Å². The molecule has 0 atom stereocenters. The Morgan fingerprint density at radius 2 is 2.00 bits per heavy atom. The molecule has 1 N–H and O–H groups in total. The average Bonchev–Trinajstić information content (AvgIpc) is 2.43. The first-order valence-corrected chi connectivity index (χ1v) is 7.36. The second-order valence-electron chi connectivity index (χ2n) is 4.20. The lowest BCUT2D eigenvalue weighted by molar-refractivity contribution is -0.113. The van der Waals surface area contributed by atoms with Crippen molar-refractivity contribution in [3.8, 4) is 0 Å². The normalized spacial score (nSPS) is 10.3. The summed E-state index contributed by atoms with van der Waals surface area (Å²) in [5, 5.41) is 2.52. The zero-order chi connectivity index (χ0) is 14.5. The predicted octanol–water partition coefficient (Wildman–Crippen LogP) is 4.52. The van der Waals surface area contributed by atoms with E-state index in [1.54, 1.807) is 6.07 Å². The molecule has 2 aromatic carbocycles. The third-order valence-electron chi connectivity index (χ3n) is 2.68. The van der Waals surface area contributed by atoms with Crippen LogP contribution in [0.25, 0.3) is 0 Å². The van der Waals surface area contributed by atoms with Crippen LogP contribution in [0, 0.1) is 12.7 Å². The molecule has 5 heteroatoms. The second-order valence-corrected chi connectivity index (χ2v) is 5.63. The van der Waals surface area contributed by atoms with Crippen LogP contribution in [-0.4, -0.2) is 11.7 Å². The number of halogens is 2. The lowest BCUT2D eigenvalue weighted by atomic mass is 10.2. The van der Waals surface area contributed by atoms with Gasteiger partial charge in [-0.25, -0.2) is 4.39 Å².